The smallest absolute Gasteiger partial charge is 0.326 e. The summed E-state index contributed by atoms with van der Waals surface area (Å²) < 4.78 is 4.44. The molecular formula is C14H18N2O5. The molecule has 7 heteroatoms. The van der Waals surface area contributed by atoms with Gasteiger partial charge in [0.25, 0.3) is 5.91 Å². The second-order valence-electron chi connectivity index (χ2n) is 4.55. The summed E-state index contributed by atoms with van der Waals surface area (Å²) in [7, 11) is 1.22. The fraction of sp³-hybridized carbons (Fsp3) is 0.357. The normalized spacial score (nSPS) is 11.5. The van der Waals surface area contributed by atoms with Crippen molar-refractivity contribution in [2.75, 3.05) is 12.8 Å². The standard InChI is InChI=1S/C14H18N2O5/c1-8-7-9(3-4-10(8)15)13(18)16-11(14(19)20)5-6-12(17)21-2/h3-4,7,11H,5-6,15H2,1-2H3,(H,16,18)(H,19,20). The first-order chi connectivity index (χ1) is 9.85. The Hall–Kier alpha value is -2.57. The van der Waals surface area contributed by atoms with E-state index in [1.807, 2.05) is 0 Å². The number of aryl methyl sites for hydroxylation is 1. The van der Waals surface area contributed by atoms with Crippen molar-refractivity contribution in [3.05, 3.63) is 29.3 Å². The summed E-state index contributed by atoms with van der Waals surface area (Å²) in [5.41, 5.74) is 7.24. The van der Waals surface area contributed by atoms with Crippen LogP contribution in [0.25, 0.3) is 0 Å². The number of esters is 1. The number of benzene rings is 1. The van der Waals surface area contributed by atoms with E-state index in [2.05, 4.69) is 10.1 Å². The molecule has 1 rings (SSSR count). The molecule has 0 spiro atoms. The van der Waals surface area contributed by atoms with Gasteiger partial charge in [-0.15, -0.1) is 0 Å². The first-order valence-electron chi connectivity index (χ1n) is 6.31. The minimum absolute atomic E-state index is 0.0400. The largest absolute Gasteiger partial charge is 0.480 e. The van der Waals surface area contributed by atoms with Crippen molar-refractivity contribution in [2.45, 2.75) is 25.8 Å². The SMILES string of the molecule is COC(=O)CCC(NC(=O)c1ccc(N)c(C)c1)C(=O)O. The third kappa shape index (κ3) is 4.79. The minimum atomic E-state index is -1.21. The molecule has 7 nitrogen and oxygen atoms in total. The molecule has 1 amide bonds. The van der Waals surface area contributed by atoms with Crippen LogP contribution in [0, 0.1) is 6.92 Å². The summed E-state index contributed by atoms with van der Waals surface area (Å²) in [5, 5.41) is 11.4. The first kappa shape index (κ1) is 16.5. The number of carboxylic acids is 1. The number of amides is 1. The average molecular weight is 294 g/mol. The molecule has 0 saturated carbocycles. The van der Waals surface area contributed by atoms with E-state index in [0.29, 0.717) is 11.3 Å². The highest BCUT2D eigenvalue weighted by atomic mass is 16.5. The Bertz CT molecular complexity index is 556. The molecule has 0 aliphatic rings. The molecule has 0 heterocycles. The fourth-order valence-electron chi connectivity index (χ4n) is 1.68. The maximum absolute atomic E-state index is 12.0. The minimum Gasteiger partial charge on any atom is -0.480 e. The summed E-state index contributed by atoms with van der Waals surface area (Å²) in [6, 6.07) is 3.50. The van der Waals surface area contributed by atoms with Crippen LogP contribution in [0.2, 0.25) is 0 Å². The van der Waals surface area contributed by atoms with E-state index < -0.39 is 23.9 Å². The third-order valence-corrected chi connectivity index (χ3v) is 3.00. The number of hydrogen-bond acceptors (Lipinski definition) is 5. The predicted octanol–water partition coefficient (Wildman–Crippen LogP) is 0.713. The van der Waals surface area contributed by atoms with Crippen LogP contribution >= 0.6 is 0 Å². The van der Waals surface area contributed by atoms with Gasteiger partial charge in [-0.1, -0.05) is 0 Å². The van der Waals surface area contributed by atoms with E-state index in [0.717, 1.165) is 5.56 Å². The predicted molar refractivity (Wildman–Crippen MR) is 75.7 cm³/mol. The number of nitrogen functional groups attached to an aromatic ring is 1. The molecule has 0 fully saturated rings. The number of carboxylic acid groups (broad SMARTS) is 1. The van der Waals surface area contributed by atoms with Gasteiger partial charge in [-0.05, 0) is 37.1 Å². The molecule has 1 aromatic carbocycles. The van der Waals surface area contributed by atoms with Gasteiger partial charge in [-0.2, -0.15) is 0 Å². The highest BCUT2D eigenvalue weighted by molar-refractivity contribution is 5.97. The molecule has 1 unspecified atom stereocenters. The van der Waals surface area contributed by atoms with E-state index in [9.17, 15) is 14.4 Å². The van der Waals surface area contributed by atoms with Gasteiger partial charge in [-0.3, -0.25) is 9.59 Å². The van der Waals surface area contributed by atoms with Crippen molar-refractivity contribution in [1.29, 1.82) is 0 Å². The second kappa shape index (κ2) is 7.28. The Labute approximate surface area is 122 Å². The van der Waals surface area contributed by atoms with Crippen LogP contribution in [-0.2, 0) is 14.3 Å². The van der Waals surface area contributed by atoms with E-state index in [1.54, 1.807) is 19.1 Å². The number of carbonyl (C=O) groups excluding carboxylic acids is 2. The monoisotopic (exact) mass is 294 g/mol. The van der Waals surface area contributed by atoms with E-state index in [4.69, 9.17) is 10.8 Å². The van der Waals surface area contributed by atoms with Gasteiger partial charge in [0.2, 0.25) is 0 Å². The van der Waals surface area contributed by atoms with Crippen LogP contribution in [0.15, 0.2) is 18.2 Å². The lowest BCUT2D eigenvalue weighted by molar-refractivity contribution is -0.142. The number of ether oxygens (including phenoxy) is 1. The first-order valence-corrected chi connectivity index (χ1v) is 6.31. The quantitative estimate of drug-likeness (QED) is 0.525. The second-order valence-corrected chi connectivity index (χ2v) is 4.55. The average Bonchev–Trinajstić information content (AvgIpc) is 2.45. The van der Waals surface area contributed by atoms with Crippen molar-refractivity contribution in [3.8, 4) is 0 Å². The van der Waals surface area contributed by atoms with Gasteiger partial charge in [0.05, 0.1) is 7.11 Å². The number of methoxy groups -OCH3 is 1. The van der Waals surface area contributed by atoms with Crippen LogP contribution < -0.4 is 11.1 Å². The fourth-order valence-corrected chi connectivity index (χ4v) is 1.68. The van der Waals surface area contributed by atoms with Crippen LogP contribution in [0.4, 0.5) is 5.69 Å². The third-order valence-electron chi connectivity index (χ3n) is 3.00. The summed E-state index contributed by atoms with van der Waals surface area (Å²) in [6.45, 7) is 1.75. The van der Waals surface area contributed by atoms with Crippen molar-refractivity contribution in [1.82, 2.24) is 5.32 Å². The number of rotatable bonds is 6. The number of nitrogens with two attached hydrogens (primary N) is 1. The Balaban J connectivity index is 2.74. The zero-order chi connectivity index (χ0) is 16.0. The molecule has 21 heavy (non-hydrogen) atoms. The number of anilines is 1. The van der Waals surface area contributed by atoms with Crippen molar-refractivity contribution in [3.63, 3.8) is 0 Å². The Morgan fingerprint density at radius 1 is 1.38 bits per heavy atom. The molecule has 0 aliphatic heterocycles. The summed E-state index contributed by atoms with van der Waals surface area (Å²) in [6.07, 6.45) is -0.129. The molecule has 0 radical (unpaired) electrons. The van der Waals surface area contributed by atoms with Crippen LogP contribution in [-0.4, -0.2) is 36.1 Å². The van der Waals surface area contributed by atoms with Crippen molar-refractivity contribution in [2.24, 2.45) is 0 Å². The highest BCUT2D eigenvalue weighted by Gasteiger charge is 2.22. The number of hydrogen-bond donors (Lipinski definition) is 3. The zero-order valence-corrected chi connectivity index (χ0v) is 11.9. The molecule has 4 N–H and O–H groups in total. The molecular weight excluding hydrogens is 276 g/mol. The van der Waals surface area contributed by atoms with E-state index >= 15 is 0 Å². The van der Waals surface area contributed by atoms with Crippen molar-refractivity contribution >= 4 is 23.5 Å². The van der Waals surface area contributed by atoms with Gasteiger partial charge in [0.15, 0.2) is 0 Å². The van der Waals surface area contributed by atoms with Crippen LogP contribution in [0.3, 0.4) is 0 Å². The Morgan fingerprint density at radius 2 is 2.05 bits per heavy atom. The molecule has 114 valence electrons. The van der Waals surface area contributed by atoms with E-state index in [1.165, 1.54) is 13.2 Å². The molecule has 0 aliphatic carbocycles. The molecule has 1 atom stereocenters. The summed E-state index contributed by atoms with van der Waals surface area (Å²) >= 11 is 0. The van der Waals surface area contributed by atoms with Gasteiger partial charge in [0, 0.05) is 17.7 Å². The van der Waals surface area contributed by atoms with Gasteiger partial charge in [-0.25, -0.2) is 4.79 Å². The van der Waals surface area contributed by atoms with Crippen LogP contribution in [0.1, 0.15) is 28.8 Å². The zero-order valence-electron chi connectivity index (χ0n) is 11.9. The number of aliphatic carboxylic acids is 1. The summed E-state index contributed by atoms with van der Waals surface area (Å²) in [5.74, 6) is -2.27. The topological polar surface area (TPSA) is 119 Å². The van der Waals surface area contributed by atoms with Gasteiger partial charge >= 0.3 is 11.9 Å². The lowest BCUT2D eigenvalue weighted by Gasteiger charge is -2.14. The Kier molecular flexibility index (Phi) is 5.71. The maximum Gasteiger partial charge on any atom is 0.326 e. The van der Waals surface area contributed by atoms with Crippen LogP contribution in [0.5, 0.6) is 0 Å². The van der Waals surface area contributed by atoms with Gasteiger partial charge in [0.1, 0.15) is 6.04 Å². The highest BCUT2D eigenvalue weighted by Crippen LogP contribution is 2.13. The maximum atomic E-state index is 12.0. The lowest BCUT2D eigenvalue weighted by atomic mass is 10.1. The molecule has 0 saturated heterocycles. The molecule has 0 bridgehead atoms. The lowest BCUT2D eigenvalue weighted by Crippen LogP contribution is -2.41. The van der Waals surface area contributed by atoms with Crippen molar-refractivity contribution < 1.29 is 24.2 Å². The number of nitrogens with one attached hydrogen (secondary N) is 1. The molecule has 0 aromatic heterocycles. The van der Waals surface area contributed by atoms with E-state index in [-0.39, 0.29) is 12.8 Å². The van der Waals surface area contributed by atoms with Gasteiger partial charge < -0.3 is 20.9 Å². The Morgan fingerprint density at radius 3 is 2.57 bits per heavy atom. The molecule has 1 aromatic rings. The summed E-state index contributed by atoms with van der Waals surface area (Å²) in [4.78, 5) is 34.1. The number of carbonyl (C=O) groups is 3.